The smallest absolute Gasteiger partial charge is 0.254 e. The fourth-order valence-corrected chi connectivity index (χ4v) is 4.87. The van der Waals surface area contributed by atoms with E-state index < -0.39 is 33.6 Å². The average molecular weight is 365 g/mol. The van der Waals surface area contributed by atoms with Gasteiger partial charge >= 0.3 is 0 Å². The number of fused-ring (bicyclic) bond motifs is 1. The number of amides is 3. The quantitative estimate of drug-likeness (QED) is 0.675. The van der Waals surface area contributed by atoms with E-state index in [2.05, 4.69) is 16.0 Å². The van der Waals surface area contributed by atoms with Crippen LogP contribution >= 0.6 is 0 Å². The van der Waals surface area contributed by atoms with Gasteiger partial charge in [0.05, 0.1) is 29.2 Å². The lowest BCUT2D eigenvalue weighted by Crippen LogP contribution is -2.45. The summed E-state index contributed by atoms with van der Waals surface area (Å²) in [6, 6.07) is 5.62. The highest BCUT2D eigenvalue weighted by Crippen LogP contribution is 2.19. The van der Waals surface area contributed by atoms with Gasteiger partial charge in [0.1, 0.15) is 6.04 Å². The standard InChI is InChI=1S/C16H19N3O5S/c20-14(17-8-10-5-6-25(23,24)9-10)7-13-16(22)18-12-4-2-1-3-11(12)15(21)19-13/h1-4,10,13H,5-9H2,(H,17,20)(H,18,22)(H,19,21). The lowest BCUT2D eigenvalue weighted by atomic mass is 10.1. The van der Waals surface area contributed by atoms with Gasteiger partial charge in [-0.2, -0.15) is 0 Å². The zero-order valence-corrected chi connectivity index (χ0v) is 14.3. The van der Waals surface area contributed by atoms with Crippen molar-refractivity contribution >= 4 is 33.2 Å². The number of hydrogen-bond acceptors (Lipinski definition) is 5. The average Bonchev–Trinajstić information content (AvgIpc) is 2.86. The number of nitrogens with one attached hydrogen (secondary N) is 3. The van der Waals surface area contributed by atoms with Gasteiger partial charge < -0.3 is 16.0 Å². The van der Waals surface area contributed by atoms with Gasteiger partial charge in [0.2, 0.25) is 11.8 Å². The summed E-state index contributed by atoms with van der Waals surface area (Å²) in [5.41, 5.74) is 0.749. The Morgan fingerprint density at radius 1 is 1.24 bits per heavy atom. The molecule has 3 rings (SSSR count). The van der Waals surface area contributed by atoms with Crippen LogP contribution in [-0.2, 0) is 19.4 Å². The SMILES string of the molecule is O=C(CC1NC(=O)c2ccccc2NC1=O)NCC1CCS(=O)(=O)C1. The molecule has 3 amide bonds. The third-order valence-electron chi connectivity index (χ3n) is 4.36. The Kier molecular flexibility index (Phi) is 4.76. The predicted molar refractivity (Wildman–Crippen MR) is 90.7 cm³/mol. The van der Waals surface area contributed by atoms with Gasteiger partial charge in [-0.1, -0.05) is 12.1 Å². The molecular weight excluding hydrogens is 346 g/mol. The van der Waals surface area contributed by atoms with Crippen LogP contribution in [0, 0.1) is 5.92 Å². The minimum absolute atomic E-state index is 0.0727. The van der Waals surface area contributed by atoms with Crippen molar-refractivity contribution < 1.29 is 22.8 Å². The molecule has 2 heterocycles. The first-order chi connectivity index (χ1) is 11.8. The Morgan fingerprint density at radius 2 is 2.00 bits per heavy atom. The predicted octanol–water partition coefficient (Wildman–Crippen LogP) is -0.322. The highest BCUT2D eigenvalue weighted by molar-refractivity contribution is 7.91. The van der Waals surface area contributed by atoms with Crippen LogP contribution < -0.4 is 16.0 Å². The van der Waals surface area contributed by atoms with E-state index >= 15 is 0 Å². The summed E-state index contributed by atoms with van der Waals surface area (Å²) in [6.07, 6.45) is 0.323. The van der Waals surface area contributed by atoms with Gasteiger partial charge in [0, 0.05) is 6.54 Å². The van der Waals surface area contributed by atoms with Crippen molar-refractivity contribution in [2.75, 3.05) is 23.4 Å². The summed E-state index contributed by atoms with van der Waals surface area (Å²) >= 11 is 0. The van der Waals surface area contributed by atoms with Crippen LogP contribution in [0.4, 0.5) is 5.69 Å². The minimum Gasteiger partial charge on any atom is -0.356 e. The van der Waals surface area contributed by atoms with Crippen LogP contribution in [0.2, 0.25) is 0 Å². The van der Waals surface area contributed by atoms with Crippen molar-refractivity contribution in [2.24, 2.45) is 5.92 Å². The van der Waals surface area contributed by atoms with Crippen molar-refractivity contribution in [3.63, 3.8) is 0 Å². The molecule has 0 radical (unpaired) electrons. The van der Waals surface area contributed by atoms with E-state index in [1.165, 1.54) is 0 Å². The summed E-state index contributed by atoms with van der Waals surface area (Å²) in [7, 11) is -2.99. The van der Waals surface area contributed by atoms with Crippen molar-refractivity contribution in [1.82, 2.24) is 10.6 Å². The Hall–Kier alpha value is -2.42. The molecule has 0 saturated carbocycles. The molecule has 1 saturated heterocycles. The first-order valence-corrected chi connectivity index (χ1v) is 9.84. The molecule has 2 aliphatic rings. The second-order valence-corrected chi connectivity index (χ2v) is 8.57. The second kappa shape index (κ2) is 6.83. The molecule has 0 aliphatic carbocycles. The largest absolute Gasteiger partial charge is 0.356 e. The van der Waals surface area contributed by atoms with Gasteiger partial charge in [-0.3, -0.25) is 14.4 Å². The van der Waals surface area contributed by atoms with Crippen LogP contribution in [0.25, 0.3) is 0 Å². The number of sulfone groups is 1. The molecule has 1 aromatic rings. The number of hydrogen-bond donors (Lipinski definition) is 3. The topological polar surface area (TPSA) is 121 Å². The molecule has 0 spiro atoms. The highest BCUT2D eigenvalue weighted by Gasteiger charge is 2.31. The summed E-state index contributed by atoms with van der Waals surface area (Å²) in [6.45, 7) is 0.251. The van der Waals surface area contributed by atoms with E-state index in [-0.39, 0.29) is 30.4 Å². The van der Waals surface area contributed by atoms with E-state index in [4.69, 9.17) is 0 Å². The van der Waals surface area contributed by atoms with Crippen LogP contribution in [0.1, 0.15) is 23.2 Å². The Morgan fingerprint density at radius 3 is 2.72 bits per heavy atom. The van der Waals surface area contributed by atoms with E-state index in [1.54, 1.807) is 24.3 Å². The maximum absolute atomic E-state index is 12.2. The molecule has 25 heavy (non-hydrogen) atoms. The maximum Gasteiger partial charge on any atom is 0.254 e. The van der Waals surface area contributed by atoms with E-state index in [0.717, 1.165) is 0 Å². The molecule has 0 aromatic heterocycles. The van der Waals surface area contributed by atoms with Crippen molar-refractivity contribution in [3.05, 3.63) is 29.8 Å². The Labute approximate surface area is 145 Å². The van der Waals surface area contributed by atoms with Gasteiger partial charge in [-0.15, -0.1) is 0 Å². The van der Waals surface area contributed by atoms with E-state index in [9.17, 15) is 22.8 Å². The van der Waals surface area contributed by atoms with Gasteiger partial charge in [0.25, 0.3) is 5.91 Å². The van der Waals surface area contributed by atoms with Crippen LogP contribution in [0.15, 0.2) is 24.3 Å². The third kappa shape index (κ3) is 4.16. The number of para-hydroxylation sites is 1. The Bertz CT molecular complexity index is 821. The number of benzene rings is 1. The zero-order chi connectivity index (χ0) is 18.0. The summed E-state index contributed by atoms with van der Waals surface area (Å²) < 4.78 is 22.8. The monoisotopic (exact) mass is 365 g/mol. The second-order valence-electron chi connectivity index (χ2n) is 6.34. The molecule has 3 N–H and O–H groups in total. The fraction of sp³-hybridized carbons (Fsp3) is 0.438. The molecule has 2 atom stereocenters. The van der Waals surface area contributed by atoms with Gasteiger partial charge in [-0.25, -0.2) is 8.42 Å². The van der Waals surface area contributed by atoms with Crippen molar-refractivity contribution in [3.8, 4) is 0 Å². The Balaban J connectivity index is 1.57. The molecule has 134 valence electrons. The number of carbonyl (C=O) groups is 3. The molecule has 2 unspecified atom stereocenters. The van der Waals surface area contributed by atoms with Crippen LogP contribution in [0.5, 0.6) is 0 Å². The molecule has 1 fully saturated rings. The van der Waals surface area contributed by atoms with E-state index in [1.807, 2.05) is 0 Å². The van der Waals surface area contributed by atoms with Crippen molar-refractivity contribution in [2.45, 2.75) is 18.9 Å². The molecule has 8 nitrogen and oxygen atoms in total. The lowest BCUT2D eigenvalue weighted by Gasteiger charge is -2.15. The van der Waals surface area contributed by atoms with Gasteiger partial charge in [0.15, 0.2) is 9.84 Å². The minimum atomic E-state index is -2.99. The normalized spacial score (nSPS) is 24.6. The number of rotatable bonds is 4. The summed E-state index contributed by atoms with van der Waals surface area (Å²) in [5, 5.41) is 7.84. The van der Waals surface area contributed by atoms with Crippen molar-refractivity contribution in [1.29, 1.82) is 0 Å². The van der Waals surface area contributed by atoms with Crippen LogP contribution in [-0.4, -0.2) is 50.2 Å². The van der Waals surface area contributed by atoms with E-state index in [0.29, 0.717) is 17.7 Å². The van der Waals surface area contributed by atoms with Gasteiger partial charge in [-0.05, 0) is 24.5 Å². The fourth-order valence-electron chi connectivity index (χ4n) is 3.00. The summed E-state index contributed by atoms with van der Waals surface area (Å²) in [4.78, 5) is 36.5. The first kappa shape index (κ1) is 17.4. The third-order valence-corrected chi connectivity index (χ3v) is 6.19. The van der Waals surface area contributed by atoms with Crippen LogP contribution in [0.3, 0.4) is 0 Å². The zero-order valence-electron chi connectivity index (χ0n) is 13.4. The molecule has 1 aromatic carbocycles. The number of anilines is 1. The summed E-state index contributed by atoms with van der Waals surface area (Å²) in [5.74, 6) is -1.17. The molecule has 9 heteroatoms. The highest BCUT2D eigenvalue weighted by atomic mass is 32.2. The molecule has 0 bridgehead atoms. The number of carbonyl (C=O) groups excluding carboxylic acids is 3. The molecule has 2 aliphatic heterocycles. The lowest BCUT2D eigenvalue weighted by molar-refractivity contribution is -0.125. The first-order valence-electron chi connectivity index (χ1n) is 8.02. The maximum atomic E-state index is 12.2. The molecular formula is C16H19N3O5S.